The van der Waals surface area contributed by atoms with Gasteiger partial charge in [-0.25, -0.2) is 0 Å². The summed E-state index contributed by atoms with van der Waals surface area (Å²) in [5, 5.41) is 7.22. The minimum absolute atomic E-state index is 0.0165. The number of aromatic nitrogens is 2. The van der Waals surface area contributed by atoms with E-state index in [9.17, 15) is 9.59 Å². The smallest absolute Gasteiger partial charge is 0.274 e. The van der Waals surface area contributed by atoms with Crippen LogP contribution in [0.5, 0.6) is 0 Å². The first-order valence-corrected chi connectivity index (χ1v) is 8.51. The highest BCUT2D eigenvalue weighted by Crippen LogP contribution is 2.23. The first kappa shape index (κ1) is 15.8. The van der Waals surface area contributed by atoms with Gasteiger partial charge in [0.2, 0.25) is 0 Å². The topological polar surface area (TPSA) is 78.5 Å². The van der Waals surface area contributed by atoms with Crippen molar-refractivity contribution in [2.24, 2.45) is 0 Å². The summed E-state index contributed by atoms with van der Waals surface area (Å²) in [6.07, 6.45) is 0.678. The number of morpholine rings is 1. The van der Waals surface area contributed by atoms with Crippen LogP contribution >= 0.6 is 0 Å². The van der Waals surface area contributed by atoms with Crippen LogP contribution in [0.1, 0.15) is 32.1 Å². The summed E-state index contributed by atoms with van der Waals surface area (Å²) in [5.74, 6) is -0.105. The van der Waals surface area contributed by atoms with E-state index in [1.54, 1.807) is 9.80 Å². The quantitative estimate of drug-likeness (QED) is 0.887. The molecule has 130 valence electrons. The number of amides is 2. The van der Waals surface area contributed by atoms with Gasteiger partial charge in [0.15, 0.2) is 5.69 Å². The van der Waals surface area contributed by atoms with Gasteiger partial charge in [-0.1, -0.05) is 18.2 Å². The molecule has 25 heavy (non-hydrogen) atoms. The number of rotatable bonds is 2. The van der Waals surface area contributed by atoms with Gasteiger partial charge in [0.25, 0.3) is 11.8 Å². The first-order valence-electron chi connectivity index (χ1n) is 8.51. The summed E-state index contributed by atoms with van der Waals surface area (Å²) >= 11 is 0. The maximum absolute atomic E-state index is 12.8. The second kappa shape index (κ2) is 6.68. The van der Waals surface area contributed by atoms with Crippen molar-refractivity contribution in [3.8, 4) is 0 Å². The maximum atomic E-state index is 12.8. The molecule has 1 N–H and O–H groups in total. The van der Waals surface area contributed by atoms with E-state index in [2.05, 4.69) is 10.2 Å². The zero-order chi connectivity index (χ0) is 17.2. The van der Waals surface area contributed by atoms with E-state index in [1.807, 2.05) is 30.3 Å². The summed E-state index contributed by atoms with van der Waals surface area (Å²) < 4.78 is 5.30. The Hall–Kier alpha value is -2.67. The van der Waals surface area contributed by atoms with Crippen LogP contribution in [0.25, 0.3) is 0 Å². The Bertz CT molecular complexity index is 781. The number of nitrogens with one attached hydrogen (secondary N) is 1. The van der Waals surface area contributed by atoms with Gasteiger partial charge in [0.05, 0.1) is 19.8 Å². The molecular weight excluding hydrogens is 320 g/mol. The van der Waals surface area contributed by atoms with Gasteiger partial charge in [-0.2, -0.15) is 5.10 Å². The average Bonchev–Trinajstić information content (AvgIpc) is 3.11. The molecule has 2 aliphatic heterocycles. The van der Waals surface area contributed by atoms with Crippen LogP contribution in [0.2, 0.25) is 0 Å². The lowest BCUT2D eigenvalue weighted by molar-refractivity contribution is 0.0297. The maximum Gasteiger partial charge on any atom is 0.274 e. The van der Waals surface area contributed by atoms with E-state index in [4.69, 9.17) is 4.74 Å². The summed E-state index contributed by atoms with van der Waals surface area (Å²) in [6, 6.07) is 9.22. The Balaban J connectivity index is 1.55. The Morgan fingerprint density at radius 3 is 2.52 bits per heavy atom. The third kappa shape index (κ3) is 3.02. The monoisotopic (exact) mass is 340 g/mol. The number of carbonyl (C=O) groups is 2. The number of fused-ring (bicyclic) bond motifs is 1. The first-order chi connectivity index (χ1) is 12.2. The van der Waals surface area contributed by atoms with Crippen molar-refractivity contribution in [2.45, 2.75) is 13.0 Å². The molecule has 7 heteroatoms. The molecule has 7 nitrogen and oxygen atoms in total. The SMILES string of the molecule is O=C(c1ccccc1)N1CCc2[nH]nc(C(=O)N3CCOCC3)c2C1. The molecule has 2 aromatic rings. The fraction of sp³-hybridized carbons (Fsp3) is 0.389. The number of carbonyl (C=O) groups excluding carboxylic acids is 2. The highest BCUT2D eigenvalue weighted by atomic mass is 16.5. The van der Waals surface area contributed by atoms with E-state index < -0.39 is 0 Å². The molecule has 2 aliphatic rings. The van der Waals surface area contributed by atoms with Crippen LogP contribution in [0.15, 0.2) is 30.3 Å². The fourth-order valence-electron chi connectivity index (χ4n) is 3.32. The molecule has 1 saturated heterocycles. The van der Waals surface area contributed by atoms with Gasteiger partial charge in [0.1, 0.15) is 0 Å². The Kier molecular flexibility index (Phi) is 4.23. The van der Waals surface area contributed by atoms with E-state index >= 15 is 0 Å². The Morgan fingerprint density at radius 1 is 1.00 bits per heavy atom. The zero-order valence-electron chi connectivity index (χ0n) is 13.9. The second-order valence-corrected chi connectivity index (χ2v) is 6.28. The highest BCUT2D eigenvalue weighted by Gasteiger charge is 2.30. The molecule has 1 aromatic heterocycles. The fourth-order valence-corrected chi connectivity index (χ4v) is 3.32. The van der Waals surface area contributed by atoms with E-state index in [0.717, 1.165) is 11.3 Å². The van der Waals surface area contributed by atoms with Crippen LogP contribution in [0, 0.1) is 0 Å². The largest absolute Gasteiger partial charge is 0.378 e. The van der Waals surface area contributed by atoms with Crippen LogP contribution in [-0.2, 0) is 17.7 Å². The van der Waals surface area contributed by atoms with Crippen molar-refractivity contribution in [1.82, 2.24) is 20.0 Å². The Morgan fingerprint density at radius 2 is 1.76 bits per heavy atom. The number of nitrogens with zero attached hydrogens (tertiary/aromatic N) is 3. The summed E-state index contributed by atoms with van der Waals surface area (Å²) in [7, 11) is 0. The minimum Gasteiger partial charge on any atom is -0.378 e. The summed E-state index contributed by atoms with van der Waals surface area (Å²) in [6.45, 7) is 3.28. The molecule has 4 rings (SSSR count). The Labute approximate surface area is 145 Å². The molecule has 1 fully saturated rings. The molecular formula is C18H20N4O3. The predicted octanol–water partition coefficient (Wildman–Crippen LogP) is 1.08. The number of aromatic amines is 1. The van der Waals surface area contributed by atoms with E-state index in [1.165, 1.54) is 0 Å². The average molecular weight is 340 g/mol. The molecule has 0 aliphatic carbocycles. The van der Waals surface area contributed by atoms with Crippen molar-refractivity contribution in [2.75, 3.05) is 32.8 Å². The third-order valence-electron chi connectivity index (χ3n) is 4.74. The van der Waals surface area contributed by atoms with E-state index in [0.29, 0.717) is 57.1 Å². The normalized spacial score (nSPS) is 17.3. The molecule has 0 spiro atoms. The van der Waals surface area contributed by atoms with Gasteiger partial charge < -0.3 is 14.5 Å². The molecule has 0 radical (unpaired) electrons. The highest BCUT2D eigenvalue weighted by molar-refractivity contribution is 5.96. The molecule has 3 heterocycles. The van der Waals surface area contributed by atoms with Crippen molar-refractivity contribution in [3.63, 3.8) is 0 Å². The van der Waals surface area contributed by atoms with Gasteiger partial charge in [-0.05, 0) is 12.1 Å². The molecule has 1 aromatic carbocycles. The van der Waals surface area contributed by atoms with Crippen LogP contribution in [-0.4, -0.2) is 64.7 Å². The van der Waals surface area contributed by atoms with Crippen LogP contribution in [0.3, 0.4) is 0 Å². The second-order valence-electron chi connectivity index (χ2n) is 6.28. The lowest BCUT2D eigenvalue weighted by atomic mass is 10.0. The van der Waals surface area contributed by atoms with Gasteiger partial charge in [-0.3, -0.25) is 14.7 Å². The number of ether oxygens (including phenoxy) is 1. The van der Waals surface area contributed by atoms with Crippen LogP contribution in [0.4, 0.5) is 0 Å². The lowest BCUT2D eigenvalue weighted by Gasteiger charge is -2.29. The van der Waals surface area contributed by atoms with Crippen molar-refractivity contribution in [3.05, 3.63) is 52.8 Å². The number of hydrogen-bond acceptors (Lipinski definition) is 4. The molecule has 0 atom stereocenters. The van der Waals surface area contributed by atoms with Crippen molar-refractivity contribution < 1.29 is 14.3 Å². The van der Waals surface area contributed by atoms with Crippen molar-refractivity contribution in [1.29, 1.82) is 0 Å². The zero-order valence-corrected chi connectivity index (χ0v) is 13.9. The van der Waals surface area contributed by atoms with Gasteiger partial charge in [-0.15, -0.1) is 0 Å². The van der Waals surface area contributed by atoms with Crippen molar-refractivity contribution >= 4 is 11.8 Å². The van der Waals surface area contributed by atoms with E-state index in [-0.39, 0.29) is 11.8 Å². The standard InChI is InChI=1S/C18H20N4O3/c23-17(13-4-2-1-3-5-13)22-7-6-15-14(12-22)16(20-19-15)18(24)21-8-10-25-11-9-21/h1-5H,6-12H2,(H,19,20). The third-order valence-corrected chi connectivity index (χ3v) is 4.74. The number of hydrogen-bond donors (Lipinski definition) is 1. The minimum atomic E-state index is -0.0881. The van der Waals surface area contributed by atoms with Gasteiger partial charge >= 0.3 is 0 Å². The van der Waals surface area contributed by atoms with Crippen LogP contribution < -0.4 is 0 Å². The molecule has 2 amide bonds. The molecule has 0 unspecified atom stereocenters. The van der Waals surface area contributed by atoms with Gasteiger partial charge in [0, 0.05) is 42.9 Å². The molecule has 0 bridgehead atoms. The summed E-state index contributed by atoms with van der Waals surface area (Å²) in [4.78, 5) is 29.0. The number of H-pyrrole nitrogens is 1. The summed E-state index contributed by atoms with van der Waals surface area (Å²) in [5.41, 5.74) is 2.89. The molecule has 0 saturated carbocycles. The lowest BCUT2D eigenvalue weighted by Crippen LogP contribution is -2.42. The predicted molar refractivity (Wildman–Crippen MR) is 90.2 cm³/mol. The number of benzene rings is 1.